The number of carbonyl (C=O) groups is 1. The number of rotatable bonds is 3. The number of benzene rings is 2. The lowest BCUT2D eigenvalue weighted by molar-refractivity contribution is -0.129. The predicted octanol–water partition coefficient (Wildman–Crippen LogP) is 3.46. The Balaban J connectivity index is 1.65. The normalized spacial score (nSPS) is 17.1. The lowest BCUT2D eigenvalue weighted by atomic mass is 10.1. The second-order valence-electron chi connectivity index (χ2n) is 5.59. The Morgan fingerprint density at radius 1 is 1.15 bits per heavy atom. The highest BCUT2D eigenvalue weighted by Gasteiger charge is 2.25. The van der Waals surface area contributed by atoms with E-state index in [0.717, 1.165) is 0 Å². The smallest absolute Gasteiger partial charge is 0.363 e. The molecule has 2 aromatic rings. The molecule has 2 aliphatic heterocycles. The molecular formula is C19H14ClNO5. The Bertz CT molecular complexity index is 934. The van der Waals surface area contributed by atoms with Crippen LogP contribution in [0.1, 0.15) is 11.1 Å². The van der Waals surface area contributed by atoms with Gasteiger partial charge in [-0.2, -0.15) is 0 Å². The number of methoxy groups -OCH3 is 1. The third-order valence-corrected chi connectivity index (χ3v) is 4.16. The van der Waals surface area contributed by atoms with E-state index in [-0.39, 0.29) is 11.6 Å². The van der Waals surface area contributed by atoms with E-state index in [0.29, 0.717) is 46.6 Å². The topological polar surface area (TPSA) is 66.3 Å². The van der Waals surface area contributed by atoms with E-state index in [1.165, 1.54) is 0 Å². The minimum absolute atomic E-state index is 0.184. The van der Waals surface area contributed by atoms with Crippen LogP contribution in [0.5, 0.6) is 17.2 Å². The van der Waals surface area contributed by atoms with Crippen LogP contribution in [-0.4, -0.2) is 32.2 Å². The van der Waals surface area contributed by atoms with Gasteiger partial charge in [-0.05, 0) is 48.0 Å². The molecule has 0 bridgehead atoms. The van der Waals surface area contributed by atoms with Gasteiger partial charge in [0.15, 0.2) is 17.2 Å². The number of ether oxygens (including phenoxy) is 4. The van der Waals surface area contributed by atoms with Crippen molar-refractivity contribution in [2.45, 2.75) is 0 Å². The lowest BCUT2D eigenvalue weighted by Gasteiger charge is -2.19. The van der Waals surface area contributed by atoms with Gasteiger partial charge < -0.3 is 18.9 Å². The van der Waals surface area contributed by atoms with Gasteiger partial charge in [-0.25, -0.2) is 9.79 Å². The van der Waals surface area contributed by atoms with E-state index in [2.05, 4.69) is 4.99 Å². The number of cyclic esters (lactones) is 1. The number of aliphatic imine (C=N–C) groups is 1. The van der Waals surface area contributed by atoms with Crippen molar-refractivity contribution in [3.63, 3.8) is 0 Å². The molecule has 0 saturated carbocycles. The van der Waals surface area contributed by atoms with Gasteiger partial charge >= 0.3 is 5.97 Å². The number of fused-ring (bicyclic) bond motifs is 1. The number of nitrogens with zero attached hydrogens (tertiary/aromatic N) is 1. The van der Waals surface area contributed by atoms with E-state index in [9.17, 15) is 4.79 Å². The van der Waals surface area contributed by atoms with Gasteiger partial charge in [-0.15, -0.1) is 0 Å². The summed E-state index contributed by atoms with van der Waals surface area (Å²) < 4.78 is 21.4. The summed E-state index contributed by atoms with van der Waals surface area (Å²) in [6.45, 7) is 0.903. The second-order valence-corrected chi connectivity index (χ2v) is 6.00. The zero-order chi connectivity index (χ0) is 18.1. The highest BCUT2D eigenvalue weighted by Crippen LogP contribution is 2.39. The van der Waals surface area contributed by atoms with Crippen molar-refractivity contribution < 1.29 is 23.7 Å². The molecule has 2 aliphatic rings. The summed E-state index contributed by atoms with van der Waals surface area (Å²) in [5, 5.41) is 0.416. The van der Waals surface area contributed by atoms with E-state index in [4.69, 9.17) is 30.5 Å². The van der Waals surface area contributed by atoms with Crippen LogP contribution in [0.25, 0.3) is 6.08 Å². The van der Waals surface area contributed by atoms with Crippen molar-refractivity contribution in [2.24, 2.45) is 4.99 Å². The Kier molecular flexibility index (Phi) is 4.26. The SMILES string of the molecule is COc1ccc(C2=N/C(=C/c3cc(Cl)c4c(c3)OCCO4)C(=O)O2)cc1. The Morgan fingerprint density at radius 2 is 1.92 bits per heavy atom. The molecule has 0 unspecified atom stereocenters. The molecule has 132 valence electrons. The first-order valence-corrected chi connectivity index (χ1v) is 8.28. The van der Waals surface area contributed by atoms with Gasteiger partial charge in [-0.3, -0.25) is 0 Å². The minimum Gasteiger partial charge on any atom is -0.497 e. The van der Waals surface area contributed by atoms with Crippen molar-refractivity contribution in [2.75, 3.05) is 20.3 Å². The summed E-state index contributed by atoms with van der Waals surface area (Å²) in [6, 6.07) is 10.5. The maximum Gasteiger partial charge on any atom is 0.363 e. The molecule has 0 radical (unpaired) electrons. The Morgan fingerprint density at radius 3 is 2.69 bits per heavy atom. The molecule has 6 nitrogen and oxygen atoms in total. The van der Waals surface area contributed by atoms with Gasteiger partial charge in [0.05, 0.1) is 12.1 Å². The van der Waals surface area contributed by atoms with Crippen molar-refractivity contribution >= 4 is 29.5 Å². The first-order valence-electron chi connectivity index (χ1n) is 7.90. The van der Waals surface area contributed by atoms with Crippen molar-refractivity contribution in [3.8, 4) is 17.2 Å². The number of esters is 1. The first-order chi connectivity index (χ1) is 12.6. The summed E-state index contributed by atoms with van der Waals surface area (Å²) in [4.78, 5) is 16.4. The highest BCUT2D eigenvalue weighted by molar-refractivity contribution is 6.32. The molecule has 0 atom stereocenters. The van der Waals surface area contributed by atoms with Crippen molar-refractivity contribution in [1.29, 1.82) is 0 Å². The van der Waals surface area contributed by atoms with E-state index in [1.807, 2.05) is 0 Å². The molecule has 2 aromatic carbocycles. The maximum atomic E-state index is 12.1. The highest BCUT2D eigenvalue weighted by atomic mass is 35.5. The number of hydrogen-bond acceptors (Lipinski definition) is 6. The van der Waals surface area contributed by atoms with Crippen LogP contribution in [0.4, 0.5) is 0 Å². The fraction of sp³-hybridized carbons (Fsp3) is 0.158. The molecule has 4 rings (SSSR count). The van der Waals surface area contributed by atoms with Crippen LogP contribution < -0.4 is 14.2 Å². The van der Waals surface area contributed by atoms with Crippen LogP contribution >= 0.6 is 11.6 Å². The summed E-state index contributed by atoms with van der Waals surface area (Å²) in [5.41, 5.74) is 1.54. The molecule has 0 aliphatic carbocycles. The Labute approximate surface area is 154 Å². The summed E-state index contributed by atoms with van der Waals surface area (Å²) >= 11 is 6.22. The minimum atomic E-state index is -0.526. The van der Waals surface area contributed by atoms with Crippen molar-refractivity contribution in [1.82, 2.24) is 0 Å². The molecule has 0 N–H and O–H groups in total. The van der Waals surface area contributed by atoms with Crippen LogP contribution in [0.3, 0.4) is 0 Å². The van der Waals surface area contributed by atoms with Gasteiger partial charge in [0.1, 0.15) is 19.0 Å². The molecule has 7 heteroatoms. The molecule has 0 spiro atoms. The first kappa shape index (κ1) is 16.5. The van der Waals surface area contributed by atoms with Gasteiger partial charge in [0.2, 0.25) is 5.90 Å². The summed E-state index contributed by atoms with van der Waals surface area (Å²) in [6.07, 6.45) is 1.60. The summed E-state index contributed by atoms with van der Waals surface area (Å²) in [7, 11) is 1.58. The number of halogens is 1. The van der Waals surface area contributed by atoms with Gasteiger partial charge in [0, 0.05) is 5.56 Å². The zero-order valence-corrected chi connectivity index (χ0v) is 14.6. The fourth-order valence-corrected chi connectivity index (χ4v) is 2.91. The Hall–Kier alpha value is -2.99. The monoisotopic (exact) mass is 371 g/mol. The molecule has 0 saturated heterocycles. The van der Waals surface area contributed by atoms with Crippen LogP contribution in [0, 0.1) is 0 Å². The predicted molar refractivity (Wildman–Crippen MR) is 96.0 cm³/mol. The molecule has 0 amide bonds. The number of hydrogen-bond donors (Lipinski definition) is 0. The third kappa shape index (κ3) is 3.11. The van der Waals surface area contributed by atoms with E-state index in [1.54, 1.807) is 49.6 Å². The van der Waals surface area contributed by atoms with E-state index < -0.39 is 5.97 Å². The van der Waals surface area contributed by atoms with Crippen molar-refractivity contribution in [3.05, 3.63) is 58.2 Å². The zero-order valence-electron chi connectivity index (χ0n) is 13.8. The molecular weight excluding hydrogens is 358 g/mol. The quantitative estimate of drug-likeness (QED) is 0.610. The molecule has 2 heterocycles. The van der Waals surface area contributed by atoms with Gasteiger partial charge in [-0.1, -0.05) is 11.6 Å². The second kappa shape index (κ2) is 6.72. The maximum absolute atomic E-state index is 12.1. The van der Waals surface area contributed by atoms with E-state index >= 15 is 0 Å². The fourth-order valence-electron chi connectivity index (χ4n) is 2.64. The molecule has 0 aromatic heterocycles. The standard InChI is InChI=1S/C19H14ClNO5/c1-23-13-4-2-12(3-5-13)18-21-15(19(22)26-18)9-11-8-14(20)17-16(10-11)24-6-7-25-17/h2-5,8-10H,6-7H2,1H3/b15-9+. The molecule has 26 heavy (non-hydrogen) atoms. The largest absolute Gasteiger partial charge is 0.497 e. The average Bonchev–Trinajstić information content (AvgIpc) is 3.02. The summed E-state index contributed by atoms with van der Waals surface area (Å²) in [5.74, 6) is 1.48. The van der Waals surface area contributed by atoms with Crippen LogP contribution in [0.15, 0.2) is 47.1 Å². The third-order valence-electron chi connectivity index (χ3n) is 3.88. The lowest BCUT2D eigenvalue weighted by Crippen LogP contribution is -2.15. The molecule has 0 fully saturated rings. The average molecular weight is 372 g/mol. The number of carbonyl (C=O) groups excluding carboxylic acids is 1. The van der Waals surface area contributed by atoms with Gasteiger partial charge in [0.25, 0.3) is 0 Å². The van der Waals surface area contributed by atoms with Crippen LogP contribution in [-0.2, 0) is 9.53 Å². The van der Waals surface area contributed by atoms with Crippen LogP contribution in [0.2, 0.25) is 5.02 Å².